The van der Waals surface area contributed by atoms with Gasteiger partial charge in [0.05, 0.1) is 22.8 Å². The summed E-state index contributed by atoms with van der Waals surface area (Å²) in [6.07, 6.45) is -2.79. The van der Waals surface area contributed by atoms with E-state index in [0.717, 1.165) is 7.11 Å². The maximum absolute atomic E-state index is 14.5. The third-order valence-corrected chi connectivity index (χ3v) is 3.51. The van der Waals surface area contributed by atoms with E-state index in [2.05, 4.69) is 9.72 Å². The predicted molar refractivity (Wildman–Crippen MR) is 82.5 cm³/mol. The predicted octanol–water partition coefficient (Wildman–Crippen LogP) is 4.63. The number of alkyl halides is 2. The summed E-state index contributed by atoms with van der Waals surface area (Å²) in [6, 6.07) is 5.25. The van der Waals surface area contributed by atoms with E-state index in [1.807, 2.05) is 0 Å². The van der Waals surface area contributed by atoms with Crippen LogP contribution in [0.15, 0.2) is 24.3 Å². The molecule has 1 heterocycles. The van der Waals surface area contributed by atoms with Crippen molar-refractivity contribution in [2.75, 3.05) is 13.7 Å². The molecule has 1 aromatic heterocycles. The summed E-state index contributed by atoms with van der Waals surface area (Å²) >= 11 is 11.6. The summed E-state index contributed by atoms with van der Waals surface area (Å²) in [5.74, 6) is -2.30. The van der Waals surface area contributed by atoms with Gasteiger partial charge in [0.1, 0.15) is 6.61 Å². The summed E-state index contributed by atoms with van der Waals surface area (Å²) in [7, 11) is 1.15. The first kappa shape index (κ1) is 18.4. The van der Waals surface area contributed by atoms with Gasteiger partial charge in [-0.15, -0.1) is 0 Å². The summed E-state index contributed by atoms with van der Waals surface area (Å²) in [5, 5.41) is -0.145. The zero-order valence-electron chi connectivity index (χ0n) is 12.2. The smallest absolute Gasteiger partial charge is 0.358 e. The first-order valence-electron chi connectivity index (χ1n) is 6.49. The standard InChI is InChI=1S/C15H10Cl2F3NO3/c1-23-15(22)13-8(16)4-5-10(21-13)7-2-3-9(17)14(12(7)20)24-6-11(18)19/h2-5,11H,6H2,1H3. The van der Waals surface area contributed by atoms with Gasteiger partial charge in [-0.2, -0.15) is 0 Å². The van der Waals surface area contributed by atoms with E-state index in [0.29, 0.717) is 0 Å². The van der Waals surface area contributed by atoms with Crippen molar-refractivity contribution in [3.8, 4) is 17.0 Å². The van der Waals surface area contributed by atoms with Gasteiger partial charge >= 0.3 is 5.97 Å². The van der Waals surface area contributed by atoms with Gasteiger partial charge in [-0.05, 0) is 24.3 Å². The summed E-state index contributed by atoms with van der Waals surface area (Å²) < 4.78 is 48.3. The zero-order valence-corrected chi connectivity index (χ0v) is 13.7. The molecule has 0 N–H and O–H groups in total. The number of methoxy groups -OCH3 is 1. The van der Waals surface area contributed by atoms with Gasteiger partial charge in [0.2, 0.25) is 0 Å². The summed E-state index contributed by atoms with van der Waals surface area (Å²) in [6.45, 7) is -1.01. The minimum absolute atomic E-state index is 0.0224. The molecule has 2 aromatic rings. The molecule has 4 nitrogen and oxygen atoms in total. The number of carbonyl (C=O) groups excluding carboxylic acids is 1. The molecular formula is C15H10Cl2F3NO3. The SMILES string of the molecule is COC(=O)c1nc(-c2ccc(Cl)c(OCC(F)F)c2F)ccc1Cl. The van der Waals surface area contributed by atoms with Crippen LogP contribution in [0.2, 0.25) is 10.0 Å². The number of rotatable bonds is 5. The van der Waals surface area contributed by atoms with Crippen LogP contribution >= 0.6 is 23.2 Å². The Kier molecular flexibility index (Phi) is 5.90. The first-order valence-corrected chi connectivity index (χ1v) is 7.25. The molecule has 0 aliphatic rings. The Balaban J connectivity index is 2.49. The molecule has 9 heteroatoms. The lowest BCUT2D eigenvalue weighted by molar-refractivity contribution is 0.0594. The lowest BCUT2D eigenvalue weighted by atomic mass is 10.1. The molecule has 0 amide bonds. The highest BCUT2D eigenvalue weighted by Crippen LogP contribution is 2.35. The van der Waals surface area contributed by atoms with Crippen molar-refractivity contribution in [2.24, 2.45) is 0 Å². The fourth-order valence-corrected chi connectivity index (χ4v) is 2.22. The maximum atomic E-state index is 14.5. The minimum atomic E-state index is -2.79. The van der Waals surface area contributed by atoms with Gasteiger partial charge in [-0.3, -0.25) is 0 Å². The van der Waals surface area contributed by atoms with Gasteiger partial charge in [-0.25, -0.2) is 22.9 Å². The van der Waals surface area contributed by atoms with E-state index in [-0.39, 0.29) is 27.0 Å². The molecule has 24 heavy (non-hydrogen) atoms. The minimum Gasteiger partial charge on any atom is -0.483 e. The van der Waals surface area contributed by atoms with Crippen molar-refractivity contribution < 1.29 is 27.4 Å². The van der Waals surface area contributed by atoms with Crippen LogP contribution in [-0.4, -0.2) is 31.1 Å². The number of aromatic nitrogens is 1. The molecule has 0 bridgehead atoms. The Labute approximate surface area is 145 Å². The second kappa shape index (κ2) is 7.72. The van der Waals surface area contributed by atoms with Crippen molar-refractivity contribution in [3.05, 3.63) is 45.8 Å². The highest BCUT2D eigenvalue weighted by Gasteiger charge is 2.20. The summed E-state index contributed by atoms with van der Waals surface area (Å²) in [5.41, 5.74) is -0.262. The van der Waals surface area contributed by atoms with E-state index in [1.165, 1.54) is 24.3 Å². The molecule has 0 spiro atoms. The van der Waals surface area contributed by atoms with Crippen LogP contribution in [0, 0.1) is 5.82 Å². The number of esters is 1. The van der Waals surface area contributed by atoms with E-state index in [4.69, 9.17) is 27.9 Å². The number of hydrogen-bond donors (Lipinski definition) is 0. The quantitative estimate of drug-likeness (QED) is 0.710. The Morgan fingerprint density at radius 1 is 1.21 bits per heavy atom. The van der Waals surface area contributed by atoms with Crippen LogP contribution in [0.4, 0.5) is 13.2 Å². The number of benzene rings is 1. The molecule has 0 unspecified atom stereocenters. The molecule has 0 atom stereocenters. The summed E-state index contributed by atoms with van der Waals surface area (Å²) in [4.78, 5) is 15.6. The number of pyridine rings is 1. The Hall–Kier alpha value is -1.99. The molecule has 0 saturated heterocycles. The highest BCUT2D eigenvalue weighted by atomic mass is 35.5. The number of ether oxygens (including phenoxy) is 2. The largest absolute Gasteiger partial charge is 0.483 e. The lowest BCUT2D eigenvalue weighted by Gasteiger charge is -2.12. The topological polar surface area (TPSA) is 48.4 Å². The molecule has 128 valence electrons. The van der Waals surface area contributed by atoms with Crippen molar-refractivity contribution in [1.82, 2.24) is 4.98 Å². The molecule has 0 saturated carbocycles. The number of nitrogens with zero attached hydrogens (tertiary/aromatic N) is 1. The Morgan fingerprint density at radius 3 is 2.50 bits per heavy atom. The van der Waals surface area contributed by atoms with Crippen LogP contribution in [0.25, 0.3) is 11.3 Å². The Morgan fingerprint density at radius 2 is 1.88 bits per heavy atom. The van der Waals surface area contributed by atoms with Gasteiger partial charge in [-0.1, -0.05) is 23.2 Å². The van der Waals surface area contributed by atoms with Gasteiger partial charge in [0.15, 0.2) is 17.3 Å². The molecule has 1 aromatic carbocycles. The lowest BCUT2D eigenvalue weighted by Crippen LogP contribution is -2.09. The highest BCUT2D eigenvalue weighted by molar-refractivity contribution is 6.33. The monoisotopic (exact) mass is 379 g/mol. The van der Waals surface area contributed by atoms with Crippen LogP contribution < -0.4 is 4.74 Å². The van der Waals surface area contributed by atoms with E-state index in [9.17, 15) is 18.0 Å². The molecular weight excluding hydrogens is 370 g/mol. The fourth-order valence-electron chi connectivity index (χ4n) is 1.84. The Bertz CT molecular complexity index is 772. The zero-order chi connectivity index (χ0) is 17.9. The normalized spacial score (nSPS) is 10.8. The molecule has 0 aliphatic heterocycles. The average molecular weight is 380 g/mol. The van der Waals surface area contributed by atoms with Crippen LogP contribution in [0.1, 0.15) is 10.5 Å². The number of hydrogen-bond acceptors (Lipinski definition) is 4. The van der Waals surface area contributed by atoms with Crippen molar-refractivity contribution in [1.29, 1.82) is 0 Å². The van der Waals surface area contributed by atoms with Crippen molar-refractivity contribution in [2.45, 2.75) is 6.43 Å². The average Bonchev–Trinajstić information content (AvgIpc) is 2.54. The number of carbonyl (C=O) groups is 1. The van der Waals surface area contributed by atoms with E-state index < -0.39 is 30.6 Å². The first-order chi connectivity index (χ1) is 11.3. The van der Waals surface area contributed by atoms with Crippen LogP contribution in [0.5, 0.6) is 5.75 Å². The third kappa shape index (κ3) is 3.91. The molecule has 0 radical (unpaired) electrons. The second-order valence-corrected chi connectivity index (χ2v) is 5.27. The molecule has 0 aliphatic carbocycles. The third-order valence-electron chi connectivity index (χ3n) is 2.90. The van der Waals surface area contributed by atoms with Gasteiger partial charge < -0.3 is 9.47 Å². The van der Waals surface area contributed by atoms with Crippen LogP contribution in [-0.2, 0) is 4.74 Å². The fraction of sp³-hybridized carbons (Fsp3) is 0.200. The maximum Gasteiger partial charge on any atom is 0.358 e. The second-order valence-electron chi connectivity index (χ2n) is 4.46. The molecule has 2 rings (SSSR count). The van der Waals surface area contributed by atoms with E-state index in [1.54, 1.807) is 0 Å². The van der Waals surface area contributed by atoms with Crippen molar-refractivity contribution in [3.63, 3.8) is 0 Å². The van der Waals surface area contributed by atoms with E-state index >= 15 is 0 Å². The molecule has 0 fully saturated rings. The van der Waals surface area contributed by atoms with Gasteiger partial charge in [0, 0.05) is 5.56 Å². The van der Waals surface area contributed by atoms with Gasteiger partial charge in [0.25, 0.3) is 6.43 Å². The van der Waals surface area contributed by atoms with Crippen LogP contribution in [0.3, 0.4) is 0 Å². The van der Waals surface area contributed by atoms with Crippen molar-refractivity contribution >= 4 is 29.2 Å². The number of halogens is 5.